The van der Waals surface area contributed by atoms with E-state index in [-0.39, 0.29) is 23.4 Å². The molecule has 0 bridgehead atoms. The van der Waals surface area contributed by atoms with Gasteiger partial charge < -0.3 is 5.32 Å². The third-order valence-corrected chi connectivity index (χ3v) is 5.05. The largest absolute Gasteiger partial charge is 0.350 e. The summed E-state index contributed by atoms with van der Waals surface area (Å²) < 4.78 is 13.6. The van der Waals surface area contributed by atoms with Crippen LogP contribution in [-0.4, -0.2) is 16.8 Å². The Kier molecular flexibility index (Phi) is 4.85. The summed E-state index contributed by atoms with van der Waals surface area (Å²) in [5, 5.41) is 4.07. The maximum absolute atomic E-state index is 13.6. The van der Waals surface area contributed by atoms with E-state index >= 15 is 0 Å². The first-order valence-electron chi connectivity index (χ1n) is 6.36. The lowest BCUT2D eigenvalue weighted by Gasteiger charge is -2.28. The van der Waals surface area contributed by atoms with Gasteiger partial charge in [0.1, 0.15) is 5.82 Å². The molecule has 0 saturated heterocycles. The molecule has 0 aromatic heterocycles. The molecule has 1 aliphatic carbocycles. The van der Waals surface area contributed by atoms with Crippen molar-refractivity contribution in [2.75, 3.05) is 5.33 Å². The summed E-state index contributed by atoms with van der Waals surface area (Å²) in [7, 11) is 0. The van der Waals surface area contributed by atoms with Crippen LogP contribution in [-0.2, 0) is 11.2 Å². The number of benzene rings is 1. The Bertz CT molecular complexity index is 454. The van der Waals surface area contributed by atoms with E-state index in [0.717, 1.165) is 31.0 Å². The molecule has 0 unspecified atom stereocenters. The topological polar surface area (TPSA) is 29.1 Å². The van der Waals surface area contributed by atoms with Crippen LogP contribution in [0.2, 0.25) is 5.02 Å². The maximum Gasteiger partial charge on any atom is 0.225 e. The van der Waals surface area contributed by atoms with Crippen molar-refractivity contribution < 1.29 is 9.18 Å². The normalized spacial score (nSPS) is 17.4. The summed E-state index contributed by atoms with van der Waals surface area (Å²) in [6.07, 6.45) is 4.16. The quantitative estimate of drug-likeness (QED) is 0.823. The van der Waals surface area contributed by atoms with Gasteiger partial charge in [0.2, 0.25) is 5.91 Å². The number of halogens is 3. The number of carbonyl (C=O) groups excluding carboxylic acids is 1. The summed E-state index contributed by atoms with van der Waals surface area (Å²) in [5.41, 5.74) is 0.0961. The Hall–Kier alpha value is -0.610. The highest BCUT2D eigenvalue weighted by Gasteiger charge is 2.34. The maximum atomic E-state index is 13.6. The number of nitrogens with one attached hydrogen (secondary N) is 1. The average Bonchev–Trinajstić information content (AvgIpc) is 2.83. The molecule has 1 amide bonds. The summed E-state index contributed by atoms with van der Waals surface area (Å²) in [5.74, 6) is -0.602. The van der Waals surface area contributed by atoms with Crippen molar-refractivity contribution in [1.82, 2.24) is 5.32 Å². The van der Waals surface area contributed by atoms with E-state index in [9.17, 15) is 9.18 Å². The lowest BCUT2D eigenvalue weighted by molar-refractivity contribution is -0.122. The molecule has 1 aromatic rings. The van der Waals surface area contributed by atoms with Gasteiger partial charge in [-0.2, -0.15) is 0 Å². The number of rotatable bonds is 4. The van der Waals surface area contributed by atoms with Gasteiger partial charge in [-0.1, -0.05) is 46.4 Å². The fourth-order valence-electron chi connectivity index (χ4n) is 2.55. The van der Waals surface area contributed by atoms with Crippen LogP contribution in [0.25, 0.3) is 0 Å². The summed E-state index contributed by atoms with van der Waals surface area (Å²) in [6, 6.07) is 4.46. The fourth-order valence-corrected chi connectivity index (χ4v) is 3.48. The van der Waals surface area contributed by atoms with Crippen molar-refractivity contribution in [2.24, 2.45) is 0 Å². The van der Waals surface area contributed by atoms with Gasteiger partial charge in [0.05, 0.1) is 6.42 Å². The van der Waals surface area contributed by atoms with Crippen molar-refractivity contribution in [1.29, 1.82) is 0 Å². The molecule has 2 rings (SSSR count). The van der Waals surface area contributed by atoms with Gasteiger partial charge in [-0.15, -0.1) is 0 Å². The number of alkyl halides is 1. The highest BCUT2D eigenvalue weighted by Crippen LogP contribution is 2.31. The van der Waals surface area contributed by atoms with Gasteiger partial charge in [0.15, 0.2) is 0 Å². The molecule has 1 saturated carbocycles. The van der Waals surface area contributed by atoms with Crippen molar-refractivity contribution in [2.45, 2.75) is 37.6 Å². The third kappa shape index (κ3) is 3.48. The van der Waals surface area contributed by atoms with Crippen LogP contribution in [0.5, 0.6) is 0 Å². The molecular weight excluding hydrogens is 333 g/mol. The minimum atomic E-state index is -0.429. The highest BCUT2D eigenvalue weighted by molar-refractivity contribution is 9.09. The van der Waals surface area contributed by atoms with Crippen LogP contribution < -0.4 is 5.32 Å². The lowest BCUT2D eigenvalue weighted by atomic mass is 10.00. The predicted molar refractivity (Wildman–Crippen MR) is 78.2 cm³/mol. The Morgan fingerprint density at radius 2 is 2.11 bits per heavy atom. The molecule has 0 spiro atoms. The van der Waals surface area contributed by atoms with Crippen LogP contribution in [0.1, 0.15) is 31.2 Å². The SMILES string of the molecule is O=C(Cc1c(F)cccc1Cl)NC1(CBr)CCCC1. The zero-order valence-electron chi connectivity index (χ0n) is 10.5. The van der Waals surface area contributed by atoms with Crippen LogP contribution in [0.15, 0.2) is 18.2 Å². The van der Waals surface area contributed by atoms with Crippen LogP contribution in [0.4, 0.5) is 4.39 Å². The van der Waals surface area contributed by atoms with Gasteiger partial charge >= 0.3 is 0 Å². The van der Waals surface area contributed by atoms with Crippen molar-refractivity contribution in [3.63, 3.8) is 0 Å². The van der Waals surface area contributed by atoms with E-state index < -0.39 is 5.82 Å². The Morgan fingerprint density at radius 1 is 1.42 bits per heavy atom. The lowest BCUT2D eigenvalue weighted by Crippen LogP contribution is -2.48. The molecule has 1 aromatic carbocycles. The van der Waals surface area contributed by atoms with E-state index in [1.54, 1.807) is 6.07 Å². The van der Waals surface area contributed by atoms with Gasteiger partial charge in [-0.25, -0.2) is 4.39 Å². The monoisotopic (exact) mass is 347 g/mol. The second kappa shape index (κ2) is 6.23. The number of amides is 1. The molecule has 19 heavy (non-hydrogen) atoms. The standard InChI is InChI=1S/C14H16BrClFNO/c15-9-14(6-1-2-7-14)18-13(19)8-10-11(16)4-3-5-12(10)17/h3-5H,1-2,6-9H2,(H,18,19). The molecule has 1 N–H and O–H groups in total. The molecule has 2 nitrogen and oxygen atoms in total. The number of carbonyl (C=O) groups is 1. The van der Waals surface area contributed by atoms with Crippen LogP contribution in [0.3, 0.4) is 0 Å². The van der Waals surface area contributed by atoms with Crippen molar-refractivity contribution in [3.8, 4) is 0 Å². The highest BCUT2D eigenvalue weighted by atomic mass is 79.9. The van der Waals surface area contributed by atoms with Gasteiger partial charge in [-0.05, 0) is 25.0 Å². The second-order valence-electron chi connectivity index (χ2n) is 5.05. The number of hydrogen-bond donors (Lipinski definition) is 1. The molecule has 0 atom stereocenters. The first kappa shape index (κ1) is 14.8. The molecule has 0 aliphatic heterocycles. The van der Waals surface area contributed by atoms with Crippen LogP contribution in [0, 0.1) is 5.82 Å². The Morgan fingerprint density at radius 3 is 2.68 bits per heavy atom. The van der Waals surface area contributed by atoms with E-state index in [4.69, 9.17) is 11.6 Å². The van der Waals surface area contributed by atoms with E-state index in [0.29, 0.717) is 5.02 Å². The first-order valence-corrected chi connectivity index (χ1v) is 7.86. The van der Waals surface area contributed by atoms with E-state index in [2.05, 4.69) is 21.2 Å². The molecule has 104 valence electrons. The smallest absolute Gasteiger partial charge is 0.225 e. The van der Waals surface area contributed by atoms with Crippen molar-refractivity contribution in [3.05, 3.63) is 34.6 Å². The van der Waals surface area contributed by atoms with Crippen molar-refractivity contribution >= 4 is 33.4 Å². The summed E-state index contributed by atoms with van der Waals surface area (Å²) in [4.78, 5) is 12.1. The molecule has 0 radical (unpaired) electrons. The third-order valence-electron chi connectivity index (χ3n) is 3.62. The van der Waals surface area contributed by atoms with E-state index in [1.165, 1.54) is 12.1 Å². The van der Waals surface area contributed by atoms with Gasteiger partial charge in [-0.3, -0.25) is 4.79 Å². The zero-order valence-corrected chi connectivity index (χ0v) is 12.9. The first-order chi connectivity index (χ1) is 9.06. The average molecular weight is 349 g/mol. The predicted octanol–water partition coefficient (Wildman–Crippen LogP) is 3.85. The summed E-state index contributed by atoms with van der Waals surface area (Å²) >= 11 is 9.39. The van der Waals surface area contributed by atoms with Gasteiger partial charge in [0, 0.05) is 21.5 Å². The van der Waals surface area contributed by atoms with Gasteiger partial charge in [0.25, 0.3) is 0 Å². The molecule has 1 fully saturated rings. The molecular formula is C14H16BrClFNO. The second-order valence-corrected chi connectivity index (χ2v) is 6.01. The Labute approximate surface area is 125 Å². The fraction of sp³-hybridized carbons (Fsp3) is 0.500. The number of hydrogen-bond acceptors (Lipinski definition) is 1. The molecule has 5 heteroatoms. The Balaban J connectivity index is 2.05. The minimum absolute atomic E-state index is 0.0136. The molecule has 1 aliphatic rings. The van der Waals surface area contributed by atoms with E-state index in [1.807, 2.05) is 0 Å². The zero-order chi connectivity index (χ0) is 13.9. The van der Waals surface area contributed by atoms with Crippen LogP contribution >= 0.6 is 27.5 Å². The summed E-state index contributed by atoms with van der Waals surface area (Å²) in [6.45, 7) is 0. The molecule has 0 heterocycles. The minimum Gasteiger partial charge on any atom is -0.350 e.